The number of aliphatic hydroxyl groups is 1. The lowest BCUT2D eigenvalue weighted by molar-refractivity contribution is 0.199. The summed E-state index contributed by atoms with van der Waals surface area (Å²) in [7, 11) is -3.12. The molecule has 1 aliphatic heterocycles. The van der Waals surface area contributed by atoms with Crippen molar-refractivity contribution in [3.05, 3.63) is 29.3 Å². The van der Waals surface area contributed by atoms with Gasteiger partial charge in [0.15, 0.2) is 9.84 Å². The van der Waals surface area contributed by atoms with E-state index in [1.54, 1.807) is 19.1 Å². The molecule has 1 aromatic carbocycles. The van der Waals surface area contributed by atoms with E-state index < -0.39 is 15.9 Å². The molecule has 3 nitrogen and oxygen atoms in total. The van der Waals surface area contributed by atoms with E-state index in [0.717, 1.165) is 5.56 Å². The number of hydrogen-bond acceptors (Lipinski definition) is 3. The first-order chi connectivity index (χ1) is 6.92. The van der Waals surface area contributed by atoms with Gasteiger partial charge in [0.05, 0.1) is 16.8 Å². The zero-order valence-corrected chi connectivity index (χ0v) is 9.58. The molecule has 0 bridgehead atoms. The number of rotatable bonds is 1. The van der Waals surface area contributed by atoms with Crippen LogP contribution in [0.25, 0.3) is 0 Å². The molecule has 1 aliphatic rings. The number of hydrogen-bond donors (Lipinski definition) is 1. The van der Waals surface area contributed by atoms with Crippen LogP contribution in [-0.4, -0.2) is 19.3 Å². The Labute approximate surface area is 89.7 Å². The third-order valence-electron chi connectivity index (χ3n) is 2.86. The van der Waals surface area contributed by atoms with Gasteiger partial charge in [-0.2, -0.15) is 0 Å². The van der Waals surface area contributed by atoms with E-state index in [2.05, 4.69) is 0 Å². The van der Waals surface area contributed by atoms with Crippen LogP contribution >= 0.6 is 0 Å². The van der Waals surface area contributed by atoms with E-state index in [0.29, 0.717) is 10.5 Å². The van der Waals surface area contributed by atoms with E-state index in [-0.39, 0.29) is 11.7 Å². The quantitative estimate of drug-likeness (QED) is 0.792. The average molecular weight is 226 g/mol. The number of sulfone groups is 1. The summed E-state index contributed by atoms with van der Waals surface area (Å²) in [5.74, 6) is 0.249. The third-order valence-corrected chi connectivity index (χ3v) is 4.82. The van der Waals surface area contributed by atoms with Crippen molar-refractivity contribution in [2.45, 2.75) is 30.8 Å². The first kappa shape index (κ1) is 10.6. The molecule has 2 atom stereocenters. The van der Waals surface area contributed by atoms with E-state index in [9.17, 15) is 13.5 Å². The normalized spacial score (nSPS) is 24.9. The lowest BCUT2D eigenvalue weighted by Gasteiger charge is -2.07. The minimum absolute atomic E-state index is 0.0630. The predicted octanol–water partition coefficient (Wildman–Crippen LogP) is 1.63. The van der Waals surface area contributed by atoms with Crippen molar-refractivity contribution in [2.75, 3.05) is 5.75 Å². The van der Waals surface area contributed by atoms with Crippen molar-refractivity contribution in [1.29, 1.82) is 0 Å². The van der Waals surface area contributed by atoms with Crippen LogP contribution < -0.4 is 0 Å². The summed E-state index contributed by atoms with van der Waals surface area (Å²) in [6.07, 6.45) is -0.624. The second-order valence-electron chi connectivity index (χ2n) is 4.16. The van der Waals surface area contributed by atoms with Crippen LogP contribution in [0.4, 0.5) is 0 Å². The highest BCUT2D eigenvalue weighted by molar-refractivity contribution is 7.91. The van der Waals surface area contributed by atoms with Crippen molar-refractivity contribution in [3.8, 4) is 0 Å². The molecule has 1 heterocycles. The number of benzene rings is 1. The topological polar surface area (TPSA) is 54.4 Å². The molecular formula is C11H14O3S. The molecular weight excluding hydrogens is 212 g/mol. The molecule has 4 heteroatoms. The van der Waals surface area contributed by atoms with Crippen LogP contribution in [0, 0.1) is 0 Å². The van der Waals surface area contributed by atoms with Gasteiger partial charge in [-0.1, -0.05) is 19.1 Å². The van der Waals surface area contributed by atoms with Gasteiger partial charge in [0, 0.05) is 0 Å². The van der Waals surface area contributed by atoms with Gasteiger partial charge in [-0.05, 0) is 30.0 Å². The SMILES string of the molecule is CC(O)c1ccc2c(c1)S(=O)(=O)CC2C. The molecule has 1 aromatic rings. The zero-order valence-electron chi connectivity index (χ0n) is 8.77. The highest BCUT2D eigenvalue weighted by Crippen LogP contribution is 2.35. The molecule has 0 saturated carbocycles. The molecule has 0 aromatic heterocycles. The maximum atomic E-state index is 11.8. The summed E-state index contributed by atoms with van der Waals surface area (Å²) in [6, 6.07) is 5.20. The van der Waals surface area contributed by atoms with Gasteiger partial charge >= 0.3 is 0 Å². The molecule has 0 fully saturated rings. The van der Waals surface area contributed by atoms with Gasteiger partial charge in [0.25, 0.3) is 0 Å². The second kappa shape index (κ2) is 3.32. The Balaban J connectivity index is 2.63. The van der Waals surface area contributed by atoms with Crippen LogP contribution in [0.2, 0.25) is 0 Å². The molecule has 1 N–H and O–H groups in total. The molecule has 0 spiro atoms. The molecule has 0 radical (unpaired) electrons. The van der Waals surface area contributed by atoms with Crippen LogP contribution in [0.1, 0.15) is 37.0 Å². The molecule has 2 unspecified atom stereocenters. The van der Waals surface area contributed by atoms with Crippen LogP contribution in [0.5, 0.6) is 0 Å². The van der Waals surface area contributed by atoms with Crippen LogP contribution in [0.15, 0.2) is 23.1 Å². The van der Waals surface area contributed by atoms with Gasteiger partial charge in [-0.25, -0.2) is 8.42 Å². The zero-order chi connectivity index (χ0) is 11.2. The maximum absolute atomic E-state index is 11.8. The predicted molar refractivity (Wildman–Crippen MR) is 57.5 cm³/mol. The van der Waals surface area contributed by atoms with Crippen molar-refractivity contribution in [3.63, 3.8) is 0 Å². The summed E-state index contributed by atoms with van der Waals surface area (Å²) >= 11 is 0. The third kappa shape index (κ3) is 1.68. The number of aliphatic hydroxyl groups excluding tert-OH is 1. The highest BCUT2D eigenvalue weighted by atomic mass is 32.2. The van der Waals surface area contributed by atoms with Crippen LogP contribution in [0.3, 0.4) is 0 Å². The first-order valence-electron chi connectivity index (χ1n) is 4.96. The van der Waals surface area contributed by atoms with E-state index in [1.807, 2.05) is 13.0 Å². The van der Waals surface area contributed by atoms with E-state index in [1.165, 1.54) is 0 Å². The average Bonchev–Trinajstić information content (AvgIpc) is 2.37. The molecule has 0 amide bonds. The molecule has 82 valence electrons. The Kier molecular flexibility index (Phi) is 2.35. The maximum Gasteiger partial charge on any atom is 0.179 e. The van der Waals surface area contributed by atoms with E-state index in [4.69, 9.17) is 0 Å². The lowest BCUT2D eigenvalue weighted by Crippen LogP contribution is -2.01. The fourth-order valence-electron chi connectivity index (χ4n) is 2.00. The summed E-state index contributed by atoms with van der Waals surface area (Å²) in [5.41, 5.74) is 1.53. The smallest absolute Gasteiger partial charge is 0.179 e. The molecule has 0 aliphatic carbocycles. The second-order valence-corrected chi connectivity index (χ2v) is 6.16. The minimum atomic E-state index is -3.12. The Morgan fingerprint density at radius 2 is 2.13 bits per heavy atom. The Hall–Kier alpha value is -0.870. The molecule has 2 rings (SSSR count). The summed E-state index contributed by atoms with van der Waals surface area (Å²) < 4.78 is 23.5. The Bertz CT molecular complexity index is 489. The highest BCUT2D eigenvalue weighted by Gasteiger charge is 2.32. The summed E-state index contributed by atoms with van der Waals surface area (Å²) in [4.78, 5) is 0.397. The minimum Gasteiger partial charge on any atom is -0.389 e. The van der Waals surface area contributed by atoms with Gasteiger partial charge < -0.3 is 5.11 Å². The molecule has 15 heavy (non-hydrogen) atoms. The standard InChI is InChI=1S/C11H14O3S/c1-7-6-15(13,14)11-5-9(8(2)12)3-4-10(7)11/h3-5,7-8,12H,6H2,1-2H3. The Morgan fingerprint density at radius 3 is 2.73 bits per heavy atom. The summed E-state index contributed by atoms with van der Waals surface area (Å²) in [6.45, 7) is 3.54. The van der Waals surface area contributed by atoms with Crippen molar-refractivity contribution < 1.29 is 13.5 Å². The van der Waals surface area contributed by atoms with Crippen molar-refractivity contribution in [2.24, 2.45) is 0 Å². The van der Waals surface area contributed by atoms with Crippen molar-refractivity contribution in [1.82, 2.24) is 0 Å². The summed E-state index contributed by atoms with van der Waals surface area (Å²) in [5, 5.41) is 9.40. The van der Waals surface area contributed by atoms with Gasteiger partial charge in [-0.3, -0.25) is 0 Å². The van der Waals surface area contributed by atoms with Gasteiger partial charge in [0.1, 0.15) is 0 Å². The lowest BCUT2D eigenvalue weighted by atomic mass is 10.0. The fourth-order valence-corrected chi connectivity index (χ4v) is 3.96. The number of fused-ring (bicyclic) bond motifs is 1. The van der Waals surface area contributed by atoms with E-state index >= 15 is 0 Å². The fraction of sp³-hybridized carbons (Fsp3) is 0.455. The van der Waals surface area contributed by atoms with Gasteiger partial charge in [-0.15, -0.1) is 0 Å². The Morgan fingerprint density at radius 1 is 1.47 bits per heavy atom. The first-order valence-corrected chi connectivity index (χ1v) is 6.61. The van der Waals surface area contributed by atoms with Crippen LogP contribution in [-0.2, 0) is 9.84 Å². The van der Waals surface area contributed by atoms with Crippen molar-refractivity contribution >= 4 is 9.84 Å². The molecule has 0 saturated heterocycles. The van der Waals surface area contributed by atoms with Gasteiger partial charge in [0.2, 0.25) is 0 Å². The largest absolute Gasteiger partial charge is 0.389 e. The monoisotopic (exact) mass is 226 g/mol.